The number of hydrogen-bond donors (Lipinski definition) is 2. The molecule has 0 atom stereocenters. The number of hydrogen-bond acceptors (Lipinski definition) is 2. The molecule has 1 saturated carbocycles. The van der Waals surface area contributed by atoms with Gasteiger partial charge in [-0.3, -0.25) is 9.59 Å². The fourth-order valence-electron chi connectivity index (χ4n) is 2.81. The van der Waals surface area contributed by atoms with Crippen LogP contribution in [0.4, 0.5) is 4.39 Å². The molecule has 2 rings (SSSR count). The number of nitrogens with one attached hydrogen (secondary N) is 1. The lowest BCUT2D eigenvalue weighted by Crippen LogP contribution is -2.51. The van der Waals surface area contributed by atoms with Crippen LogP contribution in [0.2, 0.25) is 5.02 Å². The molecule has 0 spiro atoms. The molecule has 4 nitrogen and oxygen atoms in total. The van der Waals surface area contributed by atoms with Crippen molar-refractivity contribution in [2.45, 2.75) is 44.1 Å². The number of halogens is 2. The maximum Gasteiger partial charge on any atom is 0.305 e. The van der Waals surface area contributed by atoms with Crippen LogP contribution in [0.1, 0.15) is 48.9 Å². The molecule has 0 aromatic heterocycles. The van der Waals surface area contributed by atoms with Gasteiger partial charge in [-0.25, -0.2) is 4.39 Å². The van der Waals surface area contributed by atoms with Crippen LogP contribution in [0.15, 0.2) is 18.2 Å². The Morgan fingerprint density at radius 3 is 2.52 bits per heavy atom. The van der Waals surface area contributed by atoms with Crippen LogP contribution in [0.5, 0.6) is 0 Å². The number of carboxylic acids is 1. The number of rotatable bonds is 4. The second-order valence-electron chi connectivity index (χ2n) is 5.49. The Morgan fingerprint density at radius 2 is 1.95 bits per heavy atom. The van der Waals surface area contributed by atoms with Crippen molar-refractivity contribution < 1.29 is 19.1 Å². The molecule has 2 N–H and O–H groups in total. The van der Waals surface area contributed by atoms with Gasteiger partial charge in [0.05, 0.1) is 17.0 Å². The summed E-state index contributed by atoms with van der Waals surface area (Å²) in [4.78, 5) is 23.3. The molecular formula is C15H17ClFNO3. The number of carboxylic acid groups (broad SMARTS) is 1. The van der Waals surface area contributed by atoms with E-state index in [9.17, 15) is 14.0 Å². The first kappa shape index (κ1) is 15.8. The Balaban J connectivity index is 2.17. The van der Waals surface area contributed by atoms with E-state index in [4.69, 9.17) is 16.7 Å². The zero-order valence-corrected chi connectivity index (χ0v) is 12.3. The molecule has 1 aliphatic rings. The Morgan fingerprint density at radius 1 is 1.29 bits per heavy atom. The van der Waals surface area contributed by atoms with E-state index in [2.05, 4.69) is 5.32 Å². The van der Waals surface area contributed by atoms with Crippen molar-refractivity contribution in [3.8, 4) is 0 Å². The van der Waals surface area contributed by atoms with Gasteiger partial charge in [0.2, 0.25) is 0 Å². The van der Waals surface area contributed by atoms with Crippen LogP contribution in [0, 0.1) is 5.82 Å². The molecule has 0 aliphatic heterocycles. The molecule has 0 heterocycles. The zero-order valence-electron chi connectivity index (χ0n) is 11.5. The van der Waals surface area contributed by atoms with Gasteiger partial charge in [-0.15, -0.1) is 0 Å². The van der Waals surface area contributed by atoms with Gasteiger partial charge in [-0.1, -0.05) is 30.9 Å². The lowest BCUT2D eigenvalue weighted by Gasteiger charge is -2.37. The molecule has 114 valence electrons. The molecule has 1 fully saturated rings. The van der Waals surface area contributed by atoms with E-state index in [1.807, 2.05) is 0 Å². The molecule has 6 heteroatoms. The van der Waals surface area contributed by atoms with E-state index in [-0.39, 0.29) is 17.0 Å². The topological polar surface area (TPSA) is 66.4 Å². The summed E-state index contributed by atoms with van der Waals surface area (Å²) in [6.07, 6.45) is 3.99. The zero-order chi connectivity index (χ0) is 15.5. The monoisotopic (exact) mass is 313 g/mol. The van der Waals surface area contributed by atoms with Gasteiger partial charge >= 0.3 is 5.97 Å². The van der Waals surface area contributed by atoms with Gasteiger partial charge in [0.25, 0.3) is 5.91 Å². The number of aliphatic carboxylic acids is 1. The van der Waals surface area contributed by atoms with Crippen LogP contribution < -0.4 is 5.32 Å². The SMILES string of the molecule is O=C(O)CC1(NC(=O)c2ccc(F)c(Cl)c2)CCCCC1. The summed E-state index contributed by atoms with van der Waals surface area (Å²) in [6, 6.07) is 3.72. The molecule has 1 aromatic carbocycles. The summed E-state index contributed by atoms with van der Waals surface area (Å²) in [7, 11) is 0. The predicted octanol–water partition coefficient (Wildman–Crippen LogP) is 3.39. The van der Waals surface area contributed by atoms with Crippen LogP contribution in [0.25, 0.3) is 0 Å². The summed E-state index contributed by atoms with van der Waals surface area (Å²) < 4.78 is 13.1. The maximum absolute atomic E-state index is 13.1. The van der Waals surface area contributed by atoms with E-state index in [1.54, 1.807) is 0 Å². The van der Waals surface area contributed by atoms with E-state index >= 15 is 0 Å². The fraction of sp³-hybridized carbons (Fsp3) is 0.467. The van der Waals surface area contributed by atoms with E-state index in [0.29, 0.717) is 12.8 Å². The second kappa shape index (κ2) is 6.43. The van der Waals surface area contributed by atoms with Crippen molar-refractivity contribution in [3.05, 3.63) is 34.6 Å². The number of carbonyl (C=O) groups excluding carboxylic acids is 1. The minimum atomic E-state index is -0.936. The molecular weight excluding hydrogens is 297 g/mol. The third-order valence-corrected chi connectivity index (χ3v) is 4.15. The van der Waals surface area contributed by atoms with Crippen LogP contribution in [0.3, 0.4) is 0 Å². The Hall–Kier alpha value is -1.62. The van der Waals surface area contributed by atoms with Crippen molar-refractivity contribution in [1.82, 2.24) is 5.32 Å². The Labute approximate surface area is 127 Å². The second-order valence-corrected chi connectivity index (χ2v) is 5.90. The van der Waals surface area contributed by atoms with Gasteiger partial charge in [-0.05, 0) is 31.0 Å². The highest BCUT2D eigenvalue weighted by molar-refractivity contribution is 6.31. The minimum absolute atomic E-state index is 0.104. The third kappa shape index (κ3) is 3.94. The highest BCUT2D eigenvalue weighted by Crippen LogP contribution is 2.31. The van der Waals surface area contributed by atoms with Gasteiger partial charge in [0.1, 0.15) is 5.82 Å². The summed E-state index contributed by atoms with van der Waals surface area (Å²) in [5, 5.41) is 11.8. The first-order valence-electron chi connectivity index (χ1n) is 6.91. The Kier molecular flexibility index (Phi) is 4.83. The molecule has 0 radical (unpaired) electrons. The predicted molar refractivity (Wildman–Crippen MR) is 76.9 cm³/mol. The molecule has 1 amide bonds. The number of amides is 1. The van der Waals surface area contributed by atoms with Crippen molar-refractivity contribution in [2.75, 3.05) is 0 Å². The van der Waals surface area contributed by atoms with Crippen LogP contribution in [-0.2, 0) is 4.79 Å². The Bertz CT molecular complexity index is 556. The lowest BCUT2D eigenvalue weighted by atomic mass is 9.79. The first-order valence-corrected chi connectivity index (χ1v) is 7.29. The fourth-order valence-corrected chi connectivity index (χ4v) is 2.99. The van der Waals surface area contributed by atoms with Gasteiger partial charge in [-0.2, -0.15) is 0 Å². The molecule has 0 bridgehead atoms. The van der Waals surface area contributed by atoms with Crippen molar-refractivity contribution >= 4 is 23.5 Å². The lowest BCUT2D eigenvalue weighted by molar-refractivity contribution is -0.139. The molecule has 0 saturated heterocycles. The van der Waals surface area contributed by atoms with Crippen LogP contribution in [-0.4, -0.2) is 22.5 Å². The summed E-state index contributed by atoms with van der Waals surface area (Å²) in [6.45, 7) is 0. The normalized spacial score (nSPS) is 17.2. The highest BCUT2D eigenvalue weighted by atomic mass is 35.5. The van der Waals surface area contributed by atoms with Crippen molar-refractivity contribution in [3.63, 3.8) is 0 Å². The van der Waals surface area contributed by atoms with Gasteiger partial charge in [0, 0.05) is 5.56 Å². The van der Waals surface area contributed by atoms with E-state index in [0.717, 1.165) is 25.3 Å². The van der Waals surface area contributed by atoms with E-state index in [1.165, 1.54) is 12.1 Å². The number of carbonyl (C=O) groups is 2. The van der Waals surface area contributed by atoms with Gasteiger partial charge < -0.3 is 10.4 Å². The van der Waals surface area contributed by atoms with Crippen molar-refractivity contribution in [1.29, 1.82) is 0 Å². The molecule has 0 unspecified atom stereocenters. The summed E-state index contributed by atoms with van der Waals surface area (Å²) in [5.41, 5.74) is -0.487. The first-order chi connectivity index (χ1) is 9.92. The standard InChI is InChI=1S/C15H17ClFNO3/c16-11-8-10(4-5-12(11)17)14(21)18-15(9-13(19)20)6-2-1-3-7-15/h4-5,8H,1-3,6-7,9H2,(H,18,21)(H,19,20). The molecule has 1 aromatic rings. The highest BCUT2D eigenvalue weighted by Gasteiger charge is 2.36. The van der Waals surface area contributed by atoms with Gasteiger partial charge in [0.15, 0.2) is 0 Å². The minimum Gasteiger partial charge on any atom is -0.481 e. The third-order valence-electron chi connectivity index (χ3n) is 3.86. The van der Waals surface area contributed by atoms with Crippen molar-refractivity contribution in [2.24, 2.45) is 0 Å². The quantitative estimate of drug-likeness (QED) is 0.895. The van der Waals surface area contributed by atoms with E-state index < -0.39 is 23.2 Å². The summed E-state index contributed by atoms with van der Waals surface area (Å²) >= 11 is 5.67. The molecule has 1 aliphatic carbocycles. The largest absolute Gasteiger partial charge is 0.481 e. The average molecular weight is 314 g/mol. The smallest absolute Gasteiger partial charge is 0.305 e. The molecule has 21 heavy (non-hydrogen) atoms. The number of benzene rings is 1. The average Bonchev–Trinajstić information content (AvgIpc) is 2.41. The maximum atomic E-state index is 13.1. The summed E-state index contributed by atoms with van der Waals surface area (Å²) in [5.74, 6) is -1.94. The van der Waals surface area contributed by atoms with Crippen LogP contribution >= 0.6 is 11.6 Å².